The number of rotatable bonds is 1. The Labute approximate surface area is 70.1 Å². The zero-order chi connectivity index (χ0) is 8.39. The largest absolute Gasteiger partial charge is 0.220 e. The quantitative estimate of drug-likeness (QED) is 0.640. The Bertz CT molecular complexity index is 305. The Kier molecular flexibility index (Phi) is 1.68. The molecule has 0 fully saturated rings. The summed E-state index contributed by atoms with van der Waals surface area (Å²) < 4.78 is 0. The van der Waals surface area contributed by atoms with E-state index in [9.17, 15) is 0 Å². The fourth-order valence-electron chi connectivity index (χ4n) is 0.997. The van der Waals surface area contributed by atoms with Gasteiger partial charge in [-0.15, -0.1) is 10.0 Å². The highest BCUT2D eigenvalue weighted by molar-refractivity contribution is 5.98. The molecule has 0 radical (unpaired) electrons. The van der Waals surface area contributed by atoms with Gasteiger partial charge in [0.15, 0.2) is 5.84 Å². The number of nitrogens with one attached hydrogen (secondary N) is 2. The van der Waals surface area contributed by atoms with Gasteiger partial charge in [0, 0.05) is 5.56 Å². The number of aryl methyl sites for hydroxylation is 1. The van der Waals surface area contributed by atoms with Crippen LogP contribution in [-0.4, -0.2) is 5.84 Å². The van der Waals surface area contributed by atoms with Crippen molar-refractivity contribution in [1.82, 2.24) is 11.1 Å². The van der Waals surface area contributed by atoms with Gasteiger partial charge in [0.2, 0.25) is 0 Å². The number of hydrazone groups is 1. The highest BCUT2D eigenvalue weighted by atomic mass is 16.8. The summed E-state index contributed by atoms with van der Waals surface area (Å²) in [5, 5.41) is 3.87. The molecule has 0 saturated carbocycles. The molecule has 0 aromatic heterocycles. The van der Waals surface area contributed by atoms with Gasteiger partial charge in [0.1, 0.15) is 0 Å². The number of hydrogen-bond acceptors (Lipinski definition) is 4. The number of nitrogens with zero attached hydrogens (tertiary/aromatic N) is 1. The third-order valence-corrected chi connectivity index (χ3v) is 1.68. The van der Waals surface area contributed by atoms with Crippen LogP contribution in [0.2, 0.25) is 0 Å². The summed E-state index contributed by atoms with van der Waals surface area (Å²) in [6.45, 7) is 2.04. The van der Waals surface area contributed by atoms with Crippen molar-refractivity contribution in [2.24, 2.45) is 5.10 Å². The molecule has 4 nitrogen and oxygen atoms in total. The van der Waals surface area contributed by atoms with Crippen molar-refractivity contribution in [1.29, 1.82) is 0 Å². The Hall–Kier alpha value is -1.55. The van der Waals surface area contributed by atoms with Crippen molar-refractivity contribution in [3.63, 3.8) is 0 Å². The van der Waals surface area contributed by atoms with Crippen LogP contribution < -0.4 is 11.1 Å². The maximum absolute atomic E-state index is 4.64. The van der Waals surface area contributed by atoms with E-state index >= 15 is 0 Å². The Balaban J connectivity index is 2.28. The molecule has 1 aromatic carbocycles. The van der Waals surface area contributed by atoms with E-state index in [-0.39, 0.29) is 0 Å². The zero-order valence-electron chi connectivity index (χ0n) is 6.66. The molecule has 62 valence electrons. The third-order valence-electron chi connectivity index (χ3n) is 1.68. The minimum atomic E-state index is 0.704. The van der Waals surface area contributed by atoms with Gasteiger partial charge in [-0.25, -0.2) is 5.48 Å². The minimum absolute atomic E-state index is 0.704. The Morgan fingerprint density at radius 2 is 2.00 bits per heavy atom. The summed E-state index contributed by atoms with van der Waals surface area (Å²) in [5.41, 5.74) is 7.23. The topological polar surface area (TPSA) is 45.7 Å². The van der Waals surface area contributed by atoms with Crippen LogP contribution in [0, 0.1) is 6.92 Å². The van der Waals surface area contributed by atoms with Crippen LogP contribution in [0.25, 0.3) is 0 Å². The first-order chi connectivity index (χ1) is 5.86. The highest BCUT2D eigenvalue weighted by Gasteiger charge is 2.07. The van der Waals surface area contributed by atoms with Crippen LogP contribution in [0.5, 0.6) is 0 Å². The molecule has 1 aliphatic heterocycles. The first-order valence-electron chi connectivity index (χ1n) is 3.68. The van der Waals surface area contributed by atoms with Crippen molar-refractivity contribution in [3.8, 4) is 0 Å². The molecule has 12 heavy (non-hydrogen) atoms. The Morgan fingerprint density at radius 3 is 2.58 bits per heavy atom. The van der Waals surface area contributed by atoms with E-state index in [0.29, 0.717) is 5.84 Å². The van der Waals surface area contributed by atoms with Gasteiger partial charge in [0.25, 0.3) is 0 Å². The van der Waals surface area contributed by atoms with E-state index in [1.165, 1.54) is 5.56 Å². The first-order valence-corrected chi connectivity index (χ1v) is 3.68. The van der Waals surface area contributed by atoms with Gasteiger partial charge in [-0.05, 0) is 6.92 Å². The second kappa shape index (κ2) is 2.83. The van der Waals surface area contributed by atoms with Crippen molar-refractivity contribution < 1.29 is 4.94 Å². The Morgan fingerprint density at radius 1 is 1.25 bits per heavy atom. The summed E-state index contributed by atoms with van der Waals surface area (Å²) in [6, 6.07) is 8.02. The average molecular weight is 163 g/mol. The molecule has 0 amide bonds. The van der Waals surface area contributed by atoms with Crippen LogP contribution in [0.3, 0.4) is 0 Å². The predicted octanol–water partition coefficient (Wildman–Crippen LogP) is 0.696. The smallest absolute Gasteiger partial charge is 0.181 e. The number of hydrogen-bond donors (Lipinski definition) is 2. The van der Waals surface area contributed by atoms with Crippen LogP contribution in [-0.2, 0) is 4.94 Å². The number of benzene rings is 1. The molecule has 2 N–H and O–H groups in total. The van der Waals surface area contributed by atoms with E-state index in [0.717, 1.165) is 5.56 Å². The predicted molar refractivity (Wildman–Crippen MR) is 45.1 cm³/mol. The van der Waals surface area contributed by atoms with E-state index in [1.807, 2.05) is 31.2 Å². The lowest BCUT2D eigenvalue weighted by Crippen LogP contribution is -2.18. The van der Waals surface area contributed by atoms with Crippen LogP contribution in [0.4, 0.5) is 0 Å². The molecule has 1 aliphatic rings. The molecule has 0 saturated heterocycles. The summed E-state index contributed by atoms with van der Waals surface area (Å²) in [6.07, 6.45) is 0. The zero-order valence-corrected chi connectivity index (χ0v) is 6.66. The molecule has 0 atom stereocenters. The van der Waals surface area contributed by atoms with E-state index in [2.05, 4.69) is 21.1 Å². The molecule has 0 aliphatic carbocycles. The number of hydroxylamine groups is 1. The van der Waals surface area contributed by atoms with E-state index in [4.69, 9.17) is 0 Å². The van der Waals surface area contributed by atoms with Crippen LogP contribution in [0.15, 0.2) is 29.4 Å². The summed E-state index contributed by atoms with van der Waals surface area (Å²) in [5.74, 6) is 0.704. The van der Waals surface area contributed by atoms with Crippen LogP contribution >= 0.6 is 0 Å². The molecule has 0 bridgehead atoms. The van der Waals surface area contributed by atoms with Crippen molar-refractivity contribution in [2.75, 3.05) is 0 Å². The minimum Gasteiger partial charge on any atom is -0.220 e. The fraction of sp³-hybridized carbons (Fsp3) is 0.125. The van der Waals surface area contributed by atoms with Gasteiger partial charge in [-0.3, -0.25) is 0 Å². The highest BCUT2D eigenvalue weighted by Crippen LogP contribution is 2.04. The number of amidine groups is 1. The lowest BCUT2D eigenvalue weighted by Gasteiger charge is -1.98. The normalized spacial score (nSPS) is 14.9. The molecule has 1 heterocycles. The third kappa shape index (κ3) is 1.24. The molecule has 4 heteroatoms. The monoisotopic (exact) mass is 163 g/mol. The van der Waals surface area contributed by atoms with E-state index in [1.54, 1.807) is 0 Å². The van der Waals surface area contributed by atoms with Gasteiger partial charge >= 0.3 is 0 Å². The summed E-state index contributed by atoms with van der Waals surface area (Å²) >= 11 is 0. The molecular formula is C8H9N3O. The molecule has 0 unspecified atom stereocenters. The fourth-order valence-corrected chi connectivity index (χ4v) is 0.997. The second-order valence-electron chi connectivity index (χ2n) is 2.62. The maximum Gasteiger partial charge on any atom is 0.181 e. The molecule has 2 rings (SSSR count). The lowest BCUT2D eigenvalue weighted by atomic mass is 10.1. The first kappa shape index (κ1) is 7.12. The van der Waals surface area contributed by atoms with Crippen LogP contribution in [0.1, 0.15) is 11.1 Å². The molecule has 0 spiro atoms. The van der Waals surface area contributed by atoms with Gasteiger partial charge < -0.3 is 0 Å². The van der Waals surface area contributed by atoms with E-state index < -0.39 is 0 Å². The SMILES string of the molecule is Cc1ccc(C2=NNON2)cc1. The molecular weight excluding hydrogens is 154 g/mol. The lowest BCUT2D eigenvalue weighted by molar-refractivity contribution is 0.0223. The standard InChI is InChI=1S/C8H9N3O/c1-6-2-4-7(5-3-6)8-9-11-12-10-8/h2-5,11H,1H3,(H,9,10). The molecule has 1 aromatic rings. The van der Waals surface area contributed by atoms with Gasteiger partial charge in [-0.1, -0.05) is 29.8 Å². The van der Waals surface area contributed by atoms with Crippen molar-refractivity contribution in [3.05, 3.63) is 35.4 Å². The van der Waals surface area contributed by atoms with Gasteiger partial charge in [-0.2, -0.15) is 5.59 Å². The summed E-state index contributed by atoms with van der Waals surface area (Å²) in [4.78, 5) is 4.64. The second-order valence-corrected chi connectivity index (χ2v) is 2.62. The summed E-state index contributed by atoms with van der Waals surface area (Å²) in [7, 11) is 0. The van der Waals surface area contributed by atoms with Crippen molar-refractivity contribution in [2.45, 2.75) is 6.92 Å². The van der Waals surface area contributed by atoms with Gasteiger partial charge in [0.05, 0.1) is 0 Å². The van der Waals surface area contributed by atoms with Crippen molar-refractivity contribution >= 4 is 5.84 Å². The average Bonchev–Trinajstić information content (AvgIpc) is 2.58. The maximum atomic E-state index is 4.64.